The average Bonchev–Trinajstić information content (AvgIpc) is 3.19. The molecule has 1 aliphatic rings. The van der Waals surface area contributed by atoms with Crippen LogP contribution in [0.2, 0.25) is 0 Å². The molecule has 1 atom stereocenters. The maximum Gasteiger partial charge on any atom is 0.217 e. The number of hydrogen-bond donors (Lipinski definition) is 1. The number of aliphatic imine (C=N–C) groups is 1. The molecule has 0 spiro atoms. The van der Waals surface area contributed by atoms with E-state index in [2.05, 4.69) is 18.0 Å². The van der Waals surface area contributed by atoms with E-state index in [0.717, 1.165) is 37.1 Å². The van der Waals surface area contributed by atoms with Gasteiger partial charge < -0.3 is 9.66 Å². The van der Waals surface area contributed by atoms with Gasteiger partial charge in [-0.2, -0.15) is 0 Å². The molecule has 0 amide bonds. The Hall–Kier alpha value is -0.540. The average molecular weight is 507 g/mol. The normalized spacial score (nSPS) is 18.0. The molecule has 0 radical (unpaired) electrons. The highest BCUT2D eigenvalue weighted by atomic mass is 32.3. The van der Waals surface area contributed by atoms with Crippen molar-refractivity contribution in [2.45, 2.75) is 124 Å². The molecular formula is C26H54N2O5S. The minimum atomic E-state index is -4.42. The molecule has 7 nitrogen and oxygen atoms in total. The van der Waals surface area contributed by atoms with Gasteiger partial charge in [0.1, 0.15) is 13.1 Å². The van der Waals surface area contributed by atoms with Gasteiger partial charge in [-0.25, -0.2) is 13.4 Å². The number of nitrogens with zero attached hydrogens (tertiary/aromatic N) is 2. The largest absolute Gasteiger partial charge is 0.726 e. The molecule has 0 fully saturated rings. The molecule has 0 aromatic heterocycles. The summed E-state index contributed by atoms with van der Waals surface area (Å²) in [4.78, 5) is 4.76. The van der Waals surface area contributed by atoms with Crippen LogP contribution in [0.5, 0.6) is 0 Å². The third kappa shape index (κ3) is 17.8. The van der Waals surface area contributed by atoms with Crippen molar-refractivity contribution in [1.29, 1.82) is 0 Å². The van der Waals surface area contributed by atoms with Crippen molar-refractivity contribution in [1.82, 2.24) is 0 Å². The number of likely N-dealkylation sites (N-methyl/N-ethyl adjacent to an activating group) is 1. The molecule has 1 aliphatic heterocycles. The van der Waals surface area contributed by atoms with Gasteiger partial charge in [-0.1, -0.05) is 96.8 Å². The summed E-state index contributed by atoms with van der Waals surface area (Å²) in [5.74, 6) is 1.36. The molecule has 0 saturated carbocycles. The Morgan fingerprint density at radius 2 is 1.32 bits per heavy atom. The van der Waals surface area contributed by atoms with Crippen LogP contribution in [0.4, 0.5) is 0 Å². The predicted octanol–water partition coefficient (Wildman–Crippen LogP) is 5.97. The number of rotatable bonds is 21. The van der Waals surface area contributed by atoms with Crippen molar-refractivity contribution in [2.75, 3.05) is 39.4 Å². The zero-order chi connectivity index (χ0) is 25.5. The van der Waals surface area contributed by atoms with E-state index < -0.39 is 10.4 Å². The summed E-state index contributed by atoms with van der Waals surface area (Å²) in [6, 6.07) is 0. The fourth-order valence-electron chi connectivity index (χ4n) is 4.70. The van der Waals surface area contributed by atoms with Crippen LogP contribution >= 0.6 is 0 Å². The van der Waals surface area contributed by atoms with E-state index in [1.54, 1.807) is 0 Å². The van der Waals surface area contributed by atoms with Gasteiger partial charge in [0.2, 0.25) is 10.4 Å². The summed E-state index contributed by atoms with van der Waals surface area (Å²) >= 11 is 0. The fraction of sp³-hybridized carbons (Fsp3) is 0.962. The van der Waals surface area contributed by atoms with Gasteiger partial charge in [-0.15, -0.1) is 0 Å². The summed E-state index contributed by atoms with van der Waals surface area (Å²) in [6.07, 6.45) is 22.4. The topological polar surface area (TPSA) is 99.0 Å². The molecule has 34 heavy (non-hydrogen) atoms. The lowest BCUT2D eigenvalue weighted by molar-refractivity contribution is -0.835. The van der Waals surface area contributed by atoms with Crippen LogP contribution < -0.4 is 0 Å². The molecule has 1 N–H and O–H groups in total. The zero-order valence-corrected chi connectivity index (χ0v) is 23.3. The molecular weight excluding hydrogens is 452 g/mol. The molecule has 0 bridgehead atoms. The van der Waals surface area contributed by atoms with Crippen molar-refractivity contribution in [3.8, 4) is 0 Å². The van der Waals surface area contributed by atoms with Crippen molar-refractivity contribution in [3.63, 3.8) is 0 Å². The molecule has 0 aliphatic carbocycles. The summed E-state index contributed by atoms with van der Waals surface area (Å²) in [7, 11) is -4.42. The van der Waals surface area contributed by atoms with Crippen LogP contribution in [0.25, 0.3) is 0 Å². The van der Waals surface area contributed by atoms with Crippen LogP contribution in [0.3, 0.4) is 0 Å². The van der Waals surface area contributed by atoms with Crippen LogP contribution in [-0.4, -0.2) is 67.8 Å². The summed E-state index contributed by atoms with van der Waals surface area (Å²) in [5, 5.41) is 9.37. The first kappa shape index (κ1) is 33.5. The van der Waals surface area contributed by atoms with E-state index >= 15 is 0 Å². The lowest BCUT2D eigenvalue weighted by Crippen LogP contribution is -2.52. The van der Waals surface area contributed by atoms with E-state index in [1.165, 1.54) is 109 Å². The van der Waals surface area contributed by atoms with Gasteiger partial charge in [0.15, 0.2) is 5.84 Å². The molecule has 0 aromatic carbocycles. The zero-order valence-electron chi connectivity index (χ0n) is 22.4. The van der Waals surface area contributed by atoms with Crippen LogP contribution in [0, 0.1) is 0 Å². The van der Waals surface area contributed by atoms with Crippen LogP contribution in [0.15, 0.2) is 4.99 Å². The second kappa shape index (κ2) is 21.7. The number of amidine groups is 1. The van der Waals surface area contributed by atoms with Crippen molar-refractivity contribution in [2.24, 2.45) is 4.99 Å². The maximum atomic E-state index is 9.45. The van der Waals surface area contributed by atoms with Crippen molar-refractivity contribution >= 4 is 16.2 Å². The SMILES string of the molecule is CCCCCCCCCCCCCCCCCC1=NCC[N+]1(CC)CCO.CCOS(=O)(=O)[O-]. The first-order valence-electron chi connectivity index (χ1n) is 14.0. The van der Waals surface area contributed by atoms with E-state index in [4.69, 9.17) is 4.99 Å². The number of quaternary nitrogens is 1. The Bertz CT molecular complexity index is 598. The molecule has 8 heteroatoms. The van der Waals surface area contributed by atoms with Gasteiger partial charge in [-0.3, -0.25) is 8.67 Å². The van der Waals surface area contributed by atoms with E-state index in [9.17, 15) is 18.1 Å². The third-order valence-corrected chi connectivity index (χ3v) is 7.29. The Morgan fingerprint density at radius 1 is 0.853 bits per heavy atom. The molecule has 1 unspecified atom stereocenters. The Balaban J connectivity index is 0.00000135. The van der Waals surface area contributed by atoms with E-state index in [-0.39, 0.29) is 13.2 Å². The highest BCUT2D eigenvalue weighted by molar-refractivity contribution is 7.80. The Labute approximate surface area is 210 Å². The van der Waals surface area contributed by atoms with Crippen molar-refractivity contribution < 1.29 is 26.7 Å². The second-order valence-corrected chi connectivity index (χ2v) is 10.5. The van der Waals surface area contributed by atoms with Crippen LogP contribution in [-0.2, 0) is 14.6 Å². The number of unbranched alkanes of at least 4 members (excludes halogenated alkanes) is 14. The van der Waals surface area contributed by atoms with Gasteiger partial charge in [0, 0.05) is 6.42 Å². The van der Waals surface area contributed by atoms with Crippen molar-refractivity contribution in [3.05, 3.63) is 0 Å². The minimum Gasteiger partial charge on any atom is -0.726 e. The minimum absolute atomic E-state index is 0.0914. The number of hydrogen-bond acceptors (Lipinski definition) is 6. The second-order valence-electron chi connectivity index (χ2n) is 9.44. The first-order valence-corrected chi connectivity index (χ1v) is 15.3. The van der Waals surface area contributed by atoms with Gasteiger partial charge in [0.05, 0.1) is 26.3 Å². The number of aliphatic hydroxyl groups excluding tert-OH is 1. The predicted molar refractivity (Wildman–Crippen MR) is 141 cm³/mol. The van der Waals surface area contributed by atoms with E-state index in [1.807, 2.05) is 0 Å². The Morgan fingerprint density at radius 3 is 1.68 bits per heavy atom. The number of aliphatic hydroxyl groups is 1. The lowest BCUT2D eigenvalue weighted by atomic mass is 10.0. The smallest absolute Gasteiger partial charge is 0.217 e. The maximum absolute atomic E-state index is 9.45. The highest BCUT2D eigenvalue weighted by Gasteiger charge is 2.35. The third-order valence-electron chi connectivity index (χ3n) is 6.77. The highest BCUT2D eigenvalue weighted by Crippen LogP contribution is 2.20. The summed E-state index contributed by atoms with van der Waals surface area (Å²) < 4.78 is 33.0. The standard InChI is InChI=1S/C24H49N2O.C2H6O4S/c1-3-5-6-7-8-9-10-11-12-13-14-15-16-17-18-19-24-25-20-21-26(24,4-2)22-23-27;1-2-6-7(3,4)5/h27H,3-23H2,1-2H3;2H2,1H3,(H,3,4,5)/q+1;/p-1. The van der Waals surface area contributed by atoms with Crippen LogP contribution in [0.1, 0.15) is 124 Å². The summed E-state index contributed by atoms with van der Waals surface area (Å²) in [5.41, 5.74) is 0. The molecule has 1 heterocycles. The monoisotopic (exact) mass is 506 g/mol. The Kier molecular flexibility index (Phi) is 21.4. The van der Waals surface area contributed by atoms with E-state index in [0.29, 0.717) is 0 Å². The molecule has 1 rings (SSSR count). The molecule has 0 saturated heterocycles. The first-order chi connectivity index (χ1) is 16.3. The van der Waals surface area contributed by atoms with Gasteiger partial charge >= 0.3 is 0 Å². The fourth-order valence-corrected chi connectivity index (χ4v) is 4.98. The van der Waals surface area contributed by atoms with Gasteiger partial charge in [0.25, 0.3) is 0 Å². The molecule has 204 valence electrons. The summed E-state index contributed by atoms with van der Waals surface area (Å²) in [6.45, 7) is 10.1. The van der Waals surface area contributed by atoms with Gasteiger partial charge in [-0.05, 0) is 20.3 Å². The molecule has 0 aromatic rings. The lowest BCUT2D eigenvalue weighted by Gasteiger charge is -2.33. The quantitative estimate of drug-likeness (QED) is 0.0894.